The van der Waals surface area contributed by atoms with E-state index in [1.165, 1.54) is 52.0 Å². The quantitative estimate of drug-likeness (QED) is 0.0882. The second-order valence-electron chi connectivity index (χ2n) is 16.2. The van der Waals surface area contributed by atoms with Crippen molar-refractivity contribution in [2.75, 3.05) is 0 Å². The number of hydrogen-bond donors (Lipinski definition) is 5. The lowest BCUT2D eigenvalue weighted by Gasteiger charge is -2.19. The zero-order valence-corrected chi connectivity index (χ0v) is 38.6. The van der Waals surface area contributed by atoms with Crippen molar-refractivity contribution in [1.29, 1.82) is 0 Å². The van der Waals surface area contributed by atoms with Crippen LogP contribution in [0, 0.1) is 11.6 Å². The second kappa shape index (κ2) is 20.2. The van der Waals surface area contributed by atoms with Gasteiger partial charge in [-0.2, -0.15) is 0 Å². The van der Waals surface area contributed by atoms with Crippen LogP contribution < -0.4 is 9.86 Å². The molecule has 2 heterocycles. The number of nitrogens with two attached hydrogens (primary N) is 1. The van der Waals surface area contributed by atoms with Crippen LogP contribution in [0.15, 0.2) is 45.1 Å². The first kappa shape index (κ1) is 51.4. The summed E-state index contributed by atoms with van der Waals surface area (Å²) in [4.78, 5) is 31.2. The van der Waals surface area contributed by atoms with Crippen molar-refractivity contribution in [2.45, 2.75) is 139 Å². The maximum atomic E-state index is 14.0. The number of thiazole rings is 2. The van der Waals surface area contributed by atoms with E-state index in [0.717, 1.165) is 51.8 Å². The van der Waals surface area contributed by atoms with E-state index >= 15 is 0 Å². The molecule has 4 aromatic rings. The molecule has 6 N–H and O–H groups in total. The molecule has 0 spiro atoms. The van der Waals surface area contributed by atoms with Crippen LogP contribution in [0.5, 0.6) is 0 Å². The summed E-state index contributed by atoms with van der Waals surface area (Å²) < 4.78 is 76.2. The van der Waals surface area contributed by atoms with E-state index in [-0.39, 0.29) is 61.6 Å². The fraction of sp³-hybridized carbons (Fsp3) is 0.500. The smallest absolute Gasteiger partial charge is 0.307 e. The van der Waals surface area contributed by atoms with Crippen LogP contribution >= 0.6 is 22.7 Å². The van der Waals surface area contributed by atoms with Gasteiger partial charge in [0.05, 0.1) is 25.2 Å². The molecule has 0 fully saturated rings. The Balaban J connectivity index is 0.000000337. The van der Waals surface area contributed by atoms with Gasteiger partial charge in [-0.3, -0.25) is 9.59 Å². The Labute approximate surface area is 354 Å². The number of nitrogens with one attached hydrogen (secondary N) is 1. The number of carboxylic acids is 1. The zero-order valence-electron chi connectivity index (χ0n) is 35.3. The number of sulfonamides is 2. The van der Waals surface area contributed by atoms with Crippen LogP contribution in [0.1, 0.15) is 150 Å². The monoisotopic (exact) mass is 902 g/mol. The van der Waals surface area contributed by atoms with Gasteiger partial charge in [0.2, 0.25) is 15.9 Å². The molecule has 0 atom stereocenters. The number of carboxylic acid groups (broad SMARTS) is 1. The van der Waals surface area contributed by atoms with Gasteiger partial charge in [0.25, 0.3) is 10.0 Å². The van der Waals surface area contributed by atoms with Gasteiger partial charge in [-0.25, -0.2) is 45.4 Å². The molecule has 0 aliphatic heterocycles. The minimum Gasteiger partial charge on any atom is -0.481 e. The Morgan fingerprint density at radius 3 is 1.27 bits per heavy atom. The summed E-state index contributed by atoms with van der Waals surface area (Å²) in [6, 6.07) is 5.70. The molecular weight excluding hydrogens is 847 g/mol. The number of nitrogens with zero attached hydrogens (tertiary/aromatic N) is 2. The summed E-state index contributed by atoms with van der Waals surface area (Å²) in [6.07, 6.45) is 2.04. The first-order valence-corrected chi connectivity index (χ1v) is 23.2. The molecule has 13 nitrogen and oxygen atoms in total. The van der Waals surface area contributed by atoms with Gasteiger partial charge in [-0.1, -0.05) is 55.4 Å². The molecule has 328 valence electrons. The van der Waals surface area contributed by atoms with Gasteiger partial charge in [-0.15, -0.1) is 22.7 Å². The van der Waals surface area contributed by atoms with E-state index in [1.807, 2.05) is 55.4 Å². The number of halogens is 2. The third-order valence-corrected chi connectivity index (χ3v) is 14.4. The molecule has 2 aromatic heterocycles. The largest absolute Gasteiger partial charge is 0.481 e. The summed E-state index contributed by atoms with van der Waals surface area (Å²) in [5, 5.41) is 33.8. The number of aliphatic hydroxyl groups is 2. The lowest BCUT2D eigenvalue weighted by atomic mass is 9.87. The van der Waals surface area contributed by atoms with Gasteiger partial charge >= 0.3 is 5.97 Å². The Morgan fingerprint density at radius 2 is 1.00 bits per heavy atom. The van der Waals surface area contributed by atoms with E-state index in [2.05, 4.69) is 14.7 Å². The van der Waals surface area contributed by atoms with Crippen molar-refractivity contribution in [3.8, 4) is 0 Å². The van der Waals surface area contributed by atoms with Gasteiger partial charge in [-0.05, 0) is 109 Å². The molecule has 4 rings (SSSR count). The molecule has 59 heavy (non-hydrogen) atoms. The highest BCUT2D eigenvalue weighted by atomic mass is 32.3. The van der Waals surface area contributed by atoms with E-state index in [4.69, 9.17) is 10.2 Å². The number of amides is 1. The third kappa shape index (κ3) is 15.1. The molecule has 0 saturated heterocycles. The number of hydrogen-bond acceptors (Lipinski definition) is 12. The number of aliphatic carboxylic acids is 1. The van der Waals surface area contributed by atoms with E-state index < -0.39 is 43.1 Å². The SMILES string of the molecule is CC(C)(O)c1ncc(S(N)(=O)=O)s1.CC(C)c1cc(F)cc(C(C)C)c1CC(=O)NS(=O)(=O)c1cnc(C(C)(C)O)s1.CC(C)c1cc(F)cc(C(C)C)c1CC(=O)O. The van der Waals surface area contributed by atoms with Crippen LogP contribution in [-0.2, 0) is 53.7 Å². The molecule has 0 aliphatic carbocycles. The van der Waals surface area contributed by atoms with Crippen LogP contribution in [0.3, 0.4) is 0 Å². The lowest BCUT2D eigenvalue weighted by Crippen LogP contribution is -2.32. The van der Waals surface area contributed by atoms with E-state index in [1.54, 1.807) is 0 Å². The maximum absolute atomic E-state index is 14.0. The summed E-state index contributed by atoms with van der Waals surface area (Å²) in [6.45, 7) is 21.4. The minimum absolute atomic E-state index is 0.0292. The highest BCUT2D eigenvalue weighted by Gasteiger charge is 2.28. The number of carbonyl (C=O) groups is 2. The minimum atomic E-state index is -4.12. The Bertz CT molecular complexity index is 2270. The molecule has 0 radical (unpaired) electrons. The Morgan fingerprint density at radius 1 is 0.678 bits per heavy atom. The molecule has 0 aliphatic rings. The van der Waals surface area contributed by atoms with Crippen molar-refractivity contribution in [2.24, 2.45) is 5.14 Å². The molecule has 0 unspecified atom stereocenters. The average Bonchev–Trinajstić information content (AvgIpc) is 3.78. The normalized spacial score (nSPS) is 12.4. The van der Waals surface area contributed by atoms with Crippen molar-refractivity contribution in [3.05, 3.63) is 91.7 Å². The molecule has 0 saturated carbocycles. The number of carbonyl (C=O) groups excluding carboxylic acids is 1. The zero-order chi connectivity index (χ0) is 45.6. The first-order valence-electron chi connectivity index (χ1n) is 18.6. The number of aromatic nitrogens is 2. The average molecular weight is 903 g/mol. The highest BCUT2D eigenvalue weighted by Crippen LogP contribution is 2.32. The Kier molecular flexibility index (Phi) is 17.6. The fourth-order valence-corrected chi connectivity index (χ4v) is 9.38. The van der Waals surface area contributed by atoms with E-state index in [9.17, 15) is 45.4 Å². The standard InChI is InChI=1S/C20H27FN2O4S2.C14H19FO2.C6H10N2O3S2/c1-11(2)14-7-13(21)8-15(12(3)4)16(14)9-17(24)23-29(26,27)18-10-22-19(28-18)20(5,6)25;1-8(2)11-5-10(15)6-12(9(3)4)13(11)7-14(16)17;1-6(2,9)5-8-3-4(12-5)13(7,10)11/h7-8,10-12,25H,9H2,1-6H3,(H,23,24);5-6,8-9H,7H2,1-4H3,(H,16,17);3,9H,1-2H3,(H2,7,10,11). The van der Waals surface area contributed by atoms with Crippen LogP contribution in [0.25, 0.3) is 0 Å². The predicted octanol–water partition coefficient (Wildman–Crippen LogP) is 7.52. The first-order chi connectivity index (χ1) is 26.8. The van der Waals surface area contributed by atoms with Crippen molar-refractivity contribution < 1.29 is 50.5 Å². The van der Waals surface area contributed by atoms with Gasteiger partial charge < -0.3 is 15.3 Å². The number of rotatable bonds is 13. The van der Waals surface area contributed by atoms with Crippen molar-refractivity contribution in [1.82, 2.24) is 14.7 Å². The van der Waals surface area contributed by atoms with Crippen LogP contribution in [-0.4, -0.2) is 54.0 Å². The fourth-order valence-electron chi connectivity index (χ4n) is 5.72. The summed E-state index contributed by atoms with van der Waals surface area (Å²) in [5.41, 5.74) is 1.97. The van der Waals surface area contributed by atoms with E-state index in [0.29, 0.717) is 21.7 Å². The highest BCUT2D eigenvalue weighted by molar-refractivity contribution is 7.92. The summed E-state index contributed by atoms with van der Waals surface area (Å²) in [5.74, 6) is -2.06. The van der Waals surface area contributed by atoms with Gasteiger partial charge in [0, 0.05) is 0 Å². The molecule has 2 aromatic carbocycles. The summed E-state index contributed by atoms with van der Waals surface area (Å²) in [7, 11) is -7.82. The topological polar surface area (TPSA) is 227 Å². The number of primary sulfonamides is 1. The van der Waals surface area contributed by atoms with Crippen LogP contribution in [0.2, 0.25) is 0 Å². The second-order valence-corrected chi connectivity index (χ2v) is 21.9. The number of benzene rings is 2. The van der Waals surface area contributed by atoms with Gasteiger partial charge in [0.1, 0.15) is 32.9 Å². The van der Waals surface area contributed by atoms with Crippen molar-refractivity contribution in [3.63, 3.8) is 0 Å². The Hall–Kier alpha value is -3.72. The molecular formula is C40H56F2N4O9S4. The van der Waals surface area contributed by atoms with Gasteiger partial charge in [0.15, 0.2) is 8.42 Å². The third-order valence-electron chi connectivity index (χ3n) is 8.53. The molecule has 1 amide bonds. The predicted molar refractivity (Wildman–Crippen MR) is 226 cm³/mol. The molecule has 0 bridgehead atoms. The summed E-state index contributed by atoms with van der Waals surface area (Å²) >= 11 is 1.67. The lowest BCUT2D eigenvalue weighted by molar-refractivity contribution is -0.136. The van der Waals surface area contributed by atoms with Crippen LogP contribution in [0.4, 0.5) is 8.78 Å². The maximum Gasteiger partial charge on any atom is 0.307 e. The molecule has 19 heteroatoms. The van der Waals surface area contributed by atoms with Crippen molar-refractivity contribution >= 4 is 54.6 Å².